The third-order valence-corrected chi connectivity index (χ3v) is 6.17. The molecule has 1 atom stereocenters. The molecule has 4 rings (SSSR count). The lowest BCUT2D eigenvalue weighted by Crippen LogP contribution is -2.43. The van der Waals surface area contributed by atoms with Gasteiger partial charge in [0.1, 0.15) is 18.2 Å². The number of para-hydroxylation sites is 1. The first-order chi connectivity index (χ1) is 16.1. The van der Waals surface area contributed by atoms with Gasteiger partial charge in [-0.1, -0.05) is 41.9 Å². The zero-order chi connectivity index (χ0) is 23.0. The summed E-state index contributed by atoms with van der Waals surface area (Å²) in [6.45, 7) is 3.14. The van der Waals surface area contributed by atoms with Gasteiger partial charge in [-0.05, 0) is 67.9 Å². The largest absolute Gasteiger partial charge is 0.492 e. The van der Waals surface area contributed by atoms with E-state index in [9.17, 15) is 9.18 Å². The van der Waals surface area contributed by atoms with Crippen LogP contribution in [0.2, 0.25) is 5.02 Å². The molecule has 0 spiro atoms. The van der Waals surface area contributed by atoms with Gasteiger partial charge in [0.25, 0.3) is 0 Å². The van der Waals surface area contributed by atoms with Crippen LogP contribution >= 0.6 is 11.6 Å². The van der Waals surface area contributed by atoms with Crippen LogP contribution in [-0.2, 0) is 4.79 Å². The molecule has 0 radical (unpaired) electrons. The zero-order valence-electron chi connectivity index (χ0n) is 18.3. The Bertz CT molecular complexity index is 978. The molecule has 33 heavy (non-hydrogen) atoms. The average Bonchev–Trinajstić information content (AvgIpc) is 2.85. The third kappa shape index (κ3) is 6.53. The van der Waals surface area contributed by atoms with Crippen molar-refractivity contribution in [3.63, 3.8) is 0 Å². The van der Waals surface area contributed by atoms with Crippen LogP contribution in [-0.4, -0.2) is 42.0 Å². The number of likely N-dealkylation sites (tertiary alicyclic amines) is 1. The molecule has 2 aromatic carbocycles. The Kier molecular flexibility index (Phi) is 7.92. The van der Waals surface area contributed by atoms with Gasteiger partial charge in [-0.15, -0.1) is 0 Å². The van der Waals surface area contributed by atoms with Gasteiger partial charge in [-0.3, -0.25) is 14.7 Å². The van der Waals surface area contributed by atoms with Crippen LogP contribution in [0.4, 0.5) is 4.39 Å². The van der Waals surface area contributed by atoms with Crippen molar-refractivity contribution in [3.05, 3.63) is 95.0 Å². The van der Waals surface area contributed by atoms with Crippen molar-refractivity contribution in [1.82, 2.24) is 15.2 Å². The molecule has 1 saturated heterocycles. The summed E-state index contributed by atoms with van der Waals surface area (Å²) in [6.07, 6.45) is 2.73. The van der Waals surface area contributed by atoms with Crippen molar-refractivity contribution >= 4 is 17.5 Å². The first-order valence-corrected chi connectivity index (χ1v) is 11.5. The van der Waals surface area contributed by atoms with Gasteiger partial charge >= 0.3 is 0 Å². The minimum atomic E-state index is -0.465. The number of amides is 1. The number of rotatable bonds is 8. The van der Waals surface area contributed by atoms with E-state index in [1.807, 2.05) is 42.5 Å². The van der Waals surface area contributed by atoms with E-state index in [1.165, 1.54) is 12.3 Å². The number of hydrogen-bond donors (Lipinski definition) is 1. The molecule has 1 N–H and O–H groups in total. The van der Waals surface area contributed by atoms with Crippen molar-refractivity contribution < 1.29 is 13.9 Å². The Balaban J connectivity index is 1.32. The van der Waals surface area contributed by atoms with E-state index >= 15 is 0 Å². The average molecular weight is 468 g/mol. The number of aromatic nitrogens is 1. The lowest BCUT2D eigenvalue weighted by Gasteiger charge is -2.32. The Hall–Kier alpha value is -2.96. The lowest BCUT2D eigenvalue weighted by molar-refractivity contribution is -0.127. The highest BCUT2D eigenvalue weighted by Gasteiger charge is 2.28. The fourth-order valence-corrected chi connectivity index (χ4v) is 4.16. The molecule has 1 aliphatic rings. The number of nitrogens with one attached hydrogen (secondary N) is 1. The number of piperidine rings is 1. The smallest absolute Gasteiger partial charge is 0.224 e. The van der Waals surface area contributed by atoms with Crippen LogP contribution in [0.3, 0.4) is 0 Å². The van der Waals surface area contributed by atoms with Gasteiger partial charge in [0.2, 0.25) is 5.91 Å². The van der Waals surface area contributed by atoms with Crippen molar-refractivity contribution in [2.24, 2.45) is 5.92 Å². The number of nitrogens with zero attached hydrogens (tertiary/aromatic N) is 2. The number of ether oxygens (including phenoxy) is 1. The highest BCUT2D eigenvalue weighted by atomic mass is 35.5. The number of carbonyl (C=O) groups excluding carboxylic acids is 1. The number of halogens is 2. The molecule has 2 heterocycles. The molecule has 5 nitrogen and oxygen atoms in total. The van der Waals surface area contributed by atoms with Crippen LogP contribution in [0.1, 0.15) is 30.1 Å². The molecule has 1 amide bonds. The highest BCUT2D eigenvalue weighted by Crippen LogP contribution is 2.25. The number of carbonyl (C=O) groups is 1. The molecular weight excluding hydrogens is 441 g/mol. The molecule has 3 aromatic rings. The summed E-state index contributed by atoms with van der Waals surface area (Å²) in [5.41, 5.74) is 1.44. The Morgan fingerprint density at radius 2 is 1.82 bits per heavy atom. The van der Waals surface area contributed by atoms with E-state index in [4.69, 9.17) is 16.3 Å². The minimum Gasteiger partial charge on any atom is -0.492 e. The molecule has 1 aromatic heterocycles. The first-order valence-electron chi connectivity index (χ1n) is 11.2. The molecule has 1 fully saturated rings. The Morgan fingerprint density at radius 3 is 2.48 bits per heavy atom. The summed E-state index contributed by atoms with van der Waals surface area (Å²) in [4.78, 5) is 19.6. The van der Waals surface area contributed by atoms with Crippen LogP contribution in [0.15, 0.2) is 72.9 Å². The standard InChI is InChI=1S/C26H27ClFN3O2/c27-21-8-6-19(7-9-21)25(24-11-10-22(28)18-29-24)30-26(32)20-12-14-31(15-13-20)16-17-33-23-4-2-1-3-5-23/h1-11,18,20,25H,12-17H2,(H,30,32). The van der Waals surface area contributed by atoms with Crippen LogP contribution in [0.5, 0.6) is 5.75 Å². The summed E-state index contributed by atoms with van der Waals surface area (Å²) in [6, 6.07) is 19.5. The van der Waals surface area contributed by atoms with E-state index in [0.717, 1.165) is 43.8 Å². The third-order valence-electron chi connectivity index (χ3n) is 5.91. The van der Waals surface area contributed by atoms with Crippen molar-refractivity contribution in [2.45, 2.75) is 18.9 Å². The van der Waals surface area contributed by atoms with E-state index in [1.54, 1.807) is 18.2 Å². The van der Waals surface area contributed by atoms with Gasteiger partial charge in [0, 0.05) is 17.5 Å². The fourth-order valence-electron chi connectivity index (χ4n) is 4.03. The van der Waals surface area contributed by atoms with Crippen LogP contribution in [0, 0.1) is 11.7 Å². The van der Waals surface area contributed by atoms with Gasteiger partial charge in [-0.25, -0.2) is 4.39 Å². The second kappa shape index (κ2) is 11.3. The Morgan fingerprint density at radius 1 is 1.09 bits per heavy atom. The van der Waals surface area contributed by atoms with E-state index in [2.05, 4.69) is 15.2 Å². The van der Waals surface area contributed by atoms with Gasteiger partial charge in [0.15, 0.2) is 0 Å². The minimum absolute atomic E-state index is 0.0127. The van der Waals surface area contributed by atoms with E-state index < -0.39 is 11.9 Å². The van der Waals surface area contributed by atoms with Crippen molar-refractivity contribution in [2.75, 3.05) is 26.2 Å². The van der Waals surface area contributed by atoms with Crippen molar-refractivity contribution in [3.8, 4) is 5.75 Å². The highest BCUT2D eigenvalue weighted by molar-refractivity contribution is 6.30. The maximum Gasteiger partial charge on any atom is 0.224 e. The fraction of sp³-hybridized carbons (Fsp3) is 0.308. The van der Waals surface area contributed by atoms with E-state index in [-0.39, 0.29) is 11.8 Å². The molecule has 172 valence electrons. The predicted molar refractivity (Wildman–Crippen MR) is 127 cm³/mol. The second-order valence-electron chi connectivity index (χ2n) is 8.17. The molecular formula is C26H27ClFN3O2. The maximum absolute atomic E-state index is 13.4. The van der Waals surface area contributed by atoms with E-state index in [0.29, 0.717) is 17.3 Å². The SMILES string of the molecule is O=C(NC(c1ccc(Cl)cc1)c1ccc(F)cn1)C1CCN(CCOc2ccccc2)CC1. The summed E-state index contributed by atoms with van der Waals surface area (Å²) in [5.74, 6) is 0.366. The molecule has 1 unspecified atom stereocenters. The normalized spacial score (nSPS) is 15.7. The molecule has 0 saturated carbocycles. The Labute approximate surface area is 198 Å². The lowest BCUT2D eigenvalue weighted by atomic mass is 9.94. The second-order valence-corrected chi connectivity index (χ2v) is 8.61. The van der Waals surface area contributed by atoms with Gasteiger partial charge < -0.3 is 10.1 Å². The quantitative estimate of drug-likeness (QED) is 0.513. The number of pyridine rings is 1. The molecule has 7 heteroatoms. The first kappa shape index (κ1) is 23.2. The summed E-state index contributed by atoms with van der Waals surface area (Å²) >= 11 is 6.03. The maximum atomic E-state index is 13.4. The predicted octanol–water partition coefficient (Wildman–Crippen LogP) is 4.87. The number of hydrogen-bond acceptors (Lipinski definition) is 4. The van der Waals surface area contributed by atoms with Gasteiger partial charge in [0.05, 0.1) is 17.9 Å². The van der Waals surface area contributed by atoms with Crippen LogP contribution in [0.25, 0.3) is 0 Å². The summed E-state index contributed by atoms with van der Waals surface area (Å²) in [5, 5.41) is 3.74. The summed E-state index contributed by atoms with van der Waals surface area (Å²) in [7, 11) is 0. The molecule has 1 aliphatic heterocycles. The number of benzene rings is 2. The zero-order valence-corrected chi connectivity index (χ0v) is 19.0. The summed E-state index contributed by atoms with van der Waals surface area (Å²) < 4.78 is 19.2. The van der Waals surface area contributed by atoms with Gasteiger partial charge in [-0.2, -0.15) is 0 Å². The van der Waals surface area contributed by atoms with Crippen molar-refractivity contribution in [1.29, 1.82) is 0 Å². The monoisotopic (exact) mass is 467 g/mol. The van der Waals surface area contributed by atoms with Crippen LogP contribution < -0.4 is 10.1 Å². The topological polar surface area (TPSA) is 54.5 Å². The molecule has 0 bridgehead atoms. The molecule has 0 aliphatic carbocycles.